The maximum atomic E-state index is 13.3. The van der Waals surface area contributed by atoms with E-state index in [9.17, 15) is 22.4 Å². The lowest BCUT2D eigenvalue weighted by Crippen LogP contribution is -2.40. The number of nitrogens with zero attached hydrogens (tertiary/aromatic N) is 2. The number of halogens is 4. The van der Waals surface area contributed by atoms with Gasteiger partial charge in [0.25, 0.3) is 5.91 Å². The number of nitrogens with one attached hydrogen (secondary N) is 1. The molecule has 1 amide bonds. The molecule has 4 nitrogen and oxygen atoms in total. The summed E-state index contributed by atoms with van der Waals surface area (Å²) in [5, 5.41) is 2.75. The van der Waals surface area contributed by atoms with Gasteiger partial charge in [0, 0.05) is 12.6 Å². The van der Waals surface area contributed by atoms with Crippen LogP contribution < -0.4 is 5.32 Å². The fraction of sp³-hybridized carbons (Fsp3) is 0.538. The zero-order valence-corrected chi connectivity index (χ0v) is 11.4. The number of carbonyl (C=O) groups is 1. The van der Waals surface area contributed by atoms with Gasteiger partial charge < -0.3 is 10.2 Å². The highest BCUT2D eigenvalue weighted by Gasteiger charge is 2.41. The molecule has 1 aliphatic carbocycles. The predicted octanol–water partition coefficient (Wildman–Crippen LogP) is 2.82. The number of carbonyl (C=O) groups excluding carboxylic acids is 1. The first-order valence-electron chi connectivity index (χ1n) is 6.59. The SMILES string of the molecule is CCNc1ncc(F)cc1C(=O)N(CC(F)(F)F)C1CC1. The smallest absolute Gasteiger partial charge is 0.370 e. The van der Waals surface area contributed by atoms with Gasteiger partial charge in [-0.25, -0.2) is 9.37 Å². The highest BCUT2D eigenvalue weighted by Crippen LogP contribution is 2.32. The Balaban J connectivity index is 2.29. The van der Waals surface area contributed by atoms with Crippen LogP contribution in [-0.4, -0.2) is 41.1 Å². The van der Waals surface area contributed by atoms with Crippen LogP contribution in [0.2, 0.25) is 0 Å². The Bertz CT molecular complexity index is 529. The van der Waals surface area contributed by atoms with E-state index in [1.807, 2.05) is 0 Å². The summed E-state index contributed by atoms with van der Waals surface area (Å²) in [6.45, 7) is 0.827. The van der Waals surface area contributed by atoms with Gasteiger partial charge in [0.2, 0.25) is 0 Å². The maximum Gasteiger partial charge on any atom is 0.406 e. The van der Waals surface area contributed by atoms with Crippen LogP contribution in [0.15, 0.2) is 12.3 Å². The van der Waals surface area contributed by atoms with E-state index in [4.69, 9.17) is 0 Å². The van der Waals surface area contributed by atoms with Crippen LogP contribution in [0, 0.1) is 5.82 Å². The molecule has 0 unspecified atom stereocenters. The van der Waals surface area contributed by atoms with Crippen molar-refractivity contribution in [1.29, 1.82) is 0 Å². The number of hydrogen-bond acceptors (Lipinski definition) is 3. The maximum absolute atomic E-state index is 13.3. The number of amides is 1. The molecule has 21 heavy (non-hydrogen) atoms. The van der Waals surface area contributed by atoms with Crippen molar-refractivity contribution in [3.8, 4) is 0 Å². The van der Waals surface area contributed by atoms with Gasteiger partial charge >= 0.3 is 6.18 Å². The third kappa shape index (κ3) is 4.05. The molecule has 0 spiro atoms. The molecule has 0 saturated heterocycles. The van der Waals surface area contributed by atoms with Crippen molar-refractivity contribution in [1.82, 2.24) is 9.88 Å². The molecule has 1 aliphatic rings. The standard InChI is InChI=1S/C13H15F4N3O/c1-2-18-11-10(5-8(14)6-19-11)12(21)20(9-3-4-9)7-13(15,16)17/h5-6,9H,2-4,7H2,1H3,(H,18,19). The average Bonchev–Trinajstić information content (AvgIpc) is 3.21. The Morgan fingerprint density at radius 2 is 2.14 bits per heavy atom. The molecule has 1 aromatic heterocycles. The molecule has 1 fully saturated rings. The van der Waals surface area contributed by atoms with E-state index in [0.29, 0.717) is 19.4 Å². The normalized spacial score (nSPS) is 14.9. The summed E-state index contributed by atoms with van der Waals surface area (Å²) in [7, 11) is 0. The van der Waals surface area contributed by atoms with Crippen molar-refractivity contribution in [3.05, 3.63) is 23.6 Å². The zero-order valence-electron chi connectivity index (χ0n) is 11.4. The van der Waals surface area contributed by atoms with E-state index >= 15 is 0 Å². The van der Waals surface area contributed by atoms with Crippen LogP contribution in [0.25, 0.3) is 0 Å². The molecule has 1 N–H and O–H groups in total. The molecule has 1 heterocycles. The average molecular weight is 305 g/mol. The second-order valence-electron chi connectivity index (χ2n) is 4.86. The molecule has 8 heteroatoms. The quantitative estimate of drug-likeness (QED) is 0.851. The number of pyridine rings is 1. The van der Waals surface area contributed by atoms with E-state index in [0.717, 1.165) is 17.2 Å². The van der Waals surface area contributed by atoms with Crippen LogP contribution >= 0.6 is 0 Å². The summed E-state index contributed by atoms with van der Waals surface area (Å²) >= 11 is 0. The number of hydrogen-bond donors (Lipinski definition) is 1. The minimum Gasteiger partial charge on any atom is -0.370 e. The fourth-order valence-corrected chi connectivity index (χ4v) is 2.01. The largest absolute Gasteiger partial charge is 0.406 e. The Labute approximate surface area is 119 Å². The van der Waals surface area contributed by atoms with Crippen molar-refractivity contribution in [2.75, 3.05) is 18.4 Å². The Morgan fingerprint density at radius 1 is 1.48 bits per heavy atom. The van der Waals surface area contributed by atoms with Crippen LogP contribution in [-0.2, 0) is 0 Å². The van der Waals surface area contributed by atoms with Crippen LogP contribution in [0.3, 0.4) is 0 Å². The Morgan fingerprint density at radius 3 is 2.67 bits per heavy atom. The number of alkyl halides is 3. The summed E-state index contributed by atoms with van der Waals surface area (Å²) < 4.78 is 51.1. The fourth-order valence-electron chi connectivity index (χ4n) is 2.01. The molecule has 0 radical (unpaired) electrons. The van der Waals surface area contributed by atoms with Gasteiger partial charge in [-0.2, -0.15) is 13.2 Å². The third-order valence-corrected chi connectivity index (χ3v) is 3.03. The summed E-state index contributed by atoms with van der Waals surface area (Å²) in [6.07, 6.45) is -2.51. The van der Waals surface area contributed by atoms with Gasteiger partial charge in [-0.05, 0) is 25.8 Å². The Hall–Kier alpha value is -1.86. The molecule has 2 rings (SSSR count). The summed E-state index contributed by atoms with van der Waals surface area (Å²) in [5.74, 6) is -1.52. The number of aromatic nitrogens is 1. The summed E-state index contributed by atoms with van der Waals surface area (Å²) in [6, 6.07) is 0.482. The van der Waals surface area contributed by atoms with E-state index in [1.165, 1.54) is 0 Å². The second-order valence-corrected chi connectivity index (χ2v) is 4.86. The van der Waals surface area contributed by atoms with Crippen molar-refractivity contribution in [2.24, 2.45) is 0 Å². The molecule has 0 bridgehead atoms. The van der Waals surface area contributed by atoms with Gasteiger partial charge in [-0.1, -0.05) is 0 Å². The van der Waals surface area contributed by atoms with Gasteiger partial charge in [0.1, 0.15) is 18.2 Å². The minimum atomic E-state index is -4.49. The van der Waals surface area contributed by atoms with E-state index in [2.05, 4.69) is 10.3 Å². The molecule has 1 aromatic rings. The van der Waals surface area contributed by atoms with Gasteiger partial charge in [0.05, 0.1) is 11.8 Å². The lowest BCUT2D eigenvalue weighted by molar-refractivity contribution is -0.141. The van der Waals surface area contributed by atoms with Gasteiger partial charge in [-0.15, -0.1) is 0 Å². The molecular formula is C13H15F4N3O. The topological polar surface area (TPSA) is 45.2 Å². The first kappa shape index (κ1) is 15.5. The van der Waals surface area contributed by atoms with Crippen LogP contribution in [0.5, 0.6) is 0 Å². The van der Waals surface area contributed by atoms with Crippen LogP contribution in [0.4, 0.5) is 23.4 Å². The van der Waals surface area contributed by atoms with Crippen molar-refractivity contribution in [3.63, 3.8) is 0 Å². The predicted molar refractivity (Wildman–Crippen MR) is 68.5 cm³/mol. The minimum absolute atomic E-state index is 0.0942. The molecule has 0 atom stereocenters. The van der Waals surface area contributed by atoms with E-state index < -0.39 is 30.5 Å². The number of rotatable bonds is 5. The molecular weight excluding hydrogens is 290 g/mol. The van der Waals surface area contributed by atoms with Crippen molar-refractivity contribution < 1.29 is 22.4 Å². The van der Waals surface area contributed by atoms with Crippen molar-refractivity contribution >= 4 is 11.7 Å². The number of anilines is 1. The molecule has 0 aromatic carbocycles. The molecule has 116 valence electrons. The van der Waals surface area contributed by atoms with E-state index in [-0.39, 0.29) is 11.4 Å². The first-order valence-corrected chi connectivity index (χ1v) is 6.59. The lowest BCUT2D eigenvalue weighted by atomic mass is 10.2. The van der Waals surface area contributed by atoms with Gasteiger partial charge in [0.15, 0.2) is 0 Å². The van der Waals surface area contributed by atoms with E-state index in [1.54, 1.807) is 6.92 Å². The highest BCUT2D eigenvalue weighted by atomic mass is 19.4. The van der Waals surface area contributed by atoms with Gasteiger partial charge in [-0.3, -0.25) is 4.79 Å². The van der Waals surface area contributed by atoms with Crippen molar-refractivity contribution in [2.45, 2.75) is 32.0 Å². The third-order valence-electron chi connectivity index (χ3n) is 3.03. The monoisotopic (exact) mass is 305 g/mol. The summed E-state index contributed by atoms with van der Waals surface area (Å²) in [4.78, 5) is 16.8. The zero-order chi connectivity index (χ0) is 15.6. The summed E-state index contributed by atoms with van der Waals surface area (Å²) in [5.41, 5.74) is -0.173. The molecule has 1 saturated carbocycles. The highest BCUT2D eigenvalue weighted by molar-refractivity contribution is 5.99. The van der Waals surface area contributed by atoms with Crippen LogP contribution in [0.1, 0.15) is 30.1 Å². The Kier molecular flexibility index (Phi) is 4.34. The first-order chi connectivity index (χ1) is 9.81. The molecule has 0 aliphatic heterocycles. The lowest BCUT2D eigenvalue weighted by Gasteiger charge is -2.24. The second kappa shape index (κ2) is 5.87.